The number of carboxylic acids is 1. The highest BCUT2D eigenvalue weighted by molar-refractivity contribution is 5.98. The normalized spacial score (nSPS) is 13.9. The first-order chi connectivity index (χ1) is 14.7. The van der Waals surface area contributed by atoms with Crippen LogP contribution in [0.1, 0.15) is 46.0 Å². The SMILES string of the molecule is O=C(O)c1ccc(C/C=C/c2oc(-c3ccc(C4CC4)cc3)c3cnccc23)cc1. The number of rotatable bonds is 6. The Labute approximate surface area is 174 Å². The van der Waals surface area contributed by atoms with Crippen molar-refractivity contribution >= 4 is 22.8 Å². The maximum Gasteiger partial charge on any atom is 0.335 e. The minimum absolute atomic E-state index is 0.296. The first-order valence-corrected chi connectivity index (χ1v) is 10.1. The van der Waals surface area contributed by atoms with Crippen LogP contribution in [0.2, 0.25) is 0 Å². The van der Waals surface area contributed by atoms with Crippen LogP contribution in [0.3, 0.4) is 0 Å². The van der Waals surface area contributed by atoms with Gasteiger partial charge in [0.1, 0.15) is 11.5 Å². The van der Waals surface area contributed by atoms with Crippen LogP contribution < -0.4 is 0 Å². The van der Waals surface area contributed by atoms with Crippen LogP contribution in [0.5, 0.6) is 0 Å². The van der Waals surface area contributed by atoms with Gasteiger partial charge in [-0.25, -0.2) is 4.79 Å². The van der Waals surface area contributed by atoms with Crippen molar-refractivity contribution in [2.24, 2.45) is 0 Å². The molecular formula is C26H21NO3. The van der Waals surface area contributed by atoms with Crippen molar-refractivity contribution in [2.75, 3.05) is 0 Å². The highest BCUT2D eigenvalue weighted by Gasteiger charge is 2.23. The molecule has 1 saturated carbocycles. The average molecular weight is 395 g/mol. The molecule has 2 aromatic carbocycles. The maximum absolute atomic E-state index is 11.0. The topological polar surface area (TPSA) is 63.3 Å². The van der Waals surface area contributed by atoms with Gasteiger partial charge in [0, 0.05) is 28.7 Å². The predicted octanol–water partition coefficient (Wildman–Crippen LogP) is 6.33. The van der Waals surface area contributed by atoms with E-state index in [0.29, 0.717) is 12.0 Å². The molecule has 0 radical (unpaired) electrons. The number of nitrogens with zero attached hydrogens (tertiary/aromatic N) is 1. The molecule has 5 rings (SSSR count). The van der Waals surface area contributed by atoms with Gasteiger partial charge in [-0.2, -0.15) is 0 Å². The third-order valence-corrected chi connectivity index (χ3v) is 5.59. The van der Waals surface area contributed by atoms with E-state index in [1.54, 1.807) is 18.3 Å². The number of carboxylic acid groups (broad SMARTS) is 1. The van der Waals surface area contributed by atoms with Crippen molar-refractivity contribution in [3.63, 3.8) is 0 Å². The molecule has 1 aliphatic rings. The summed E-state index contributed by atoms with van der Waals surface area (Å²) in [5, 5.41) is 11.0. The van der Waals surface area contributed by atoms with Crippen molar-refractivity contribution in [3.05, 3.63) is 95.5 Å². The lowest BCUT2D eigenvalue weighted by atomic mass is 10.0. The van der Waals surface area contributed by atoms with Gasteiger partial charge in [0.05, 0.1) is 5.56 Å². The van der Waals surface area contributed by atoms with E-state index < -0.39 is 5.97 Å². The molecule has 0 spiro atoms. The Balaban J connectivity index is 1.41. The first kappa shape index (κ1) is 18.4. The zero-order valence-corrected chi connectivity index (χ0v) is 16.4. The molecule has 4 heteroatoms. The minimum atomic E-state index is -0.912. The standard InChI is InChI=1S/C26H21NO3/c28-26(29)21-6-4-17(5-7-21)2-1-3-24-22-14-15-27-16-23(22)25(30-24)20-12-10-19(11-13-20)18-8-9-18/h1,3-7,10-16,18H,2,8-9H2,(H,28,29)/b3-1+. The largest absolute Gasteiger partial charge is 0.478 e. The van der Waals surface area contributed by atoms with Crippen LogP contribution in [0.4, 0.5) is 0 Å². The van der Waals surface area contributed by atoms with Gasteiger partial charge >= 0.3 is 5.97 Å². The number of hydrogen-bond acceptors (Lipinski definition) is 3. The van der Waals surface area contributed by atoms with Gasteiger partial charge in [-0.3, -0.25) is 4.98 Å². The molecule has 148 valence electrons. The van der Waals surface area contributed by atoms with Crippen LogP contribution in [0, 0.1) is 0 Å². The summed E-state index contributed by atoms with van der Waals surface area (Å²) in [7, 11) is 0. The van der Waals surface area contributed by atoms with Crippen molar-refractivity contribution in [1.29, 1.82) is 0 Å². The van der Waals surface area contributed by atoms with Crippen LogP contribution in [0.15, 0.2) is 77.5 Å². The van der Waals surface area contributed by atoms with Gasteiger partial charge in [0.2, 0.25) is 0 Å². The molecule has 0 aliphatic heterocycles. The molecule has 4 aromatic rings. The van der Waals surface area contributed by atoms with Gasteiger partial charge in [-0.15, -0.1) is 0 Å². The number of benzene rings is 2. The van der Waals surface area contributed by atoms with Crippen LogP contribution in [0.25, 0.3) is 28.2 Å². The molecule has 2 heterocycles. The fraction of sp³-hybridized carbons (Fsp3) is 0.154. The third-order valence-electron chi connectivity index (χ3n) is 5.59. The van der Waals surface area contributed by atoms with E-state index >= 15 is 0 Å². The number of allylic oxidation sites excluding steroid dienone is 1. The van der Waals surface area contributed by atoms with Gasteiger partial charge in [0.15, 0.2) is 0 Å². The second kappa shape index (κ2) is 7.64. The van der Waals surface area contributed by atoms with Crippen molar-refractivity contribution in [3.8, 4) is 11.3 Å². The highest BCUT2D eigenvalue weighted by Crippen LogP contribution is 2.41. The summed E-state index contributed by atoms with van der Waals surface area (Å²) in [6.07, 6.45) is 10.9. The fourth-order valence-corrected chi connectivity index (χ4v) is 3.76. The van der Waals surface area contributed by atoms with Crippen LogP contribution in [-0.4, -0.2) is 16.1 Å². The van der Waals surface area contributed by atoms with Gasteiger partial charge in [0.25, 0.3) is 0 Å². The van der Waals surface area contributed by atoms with Gasteiger partial charge in [-0.05, 0) is 60.6 Å². The van der Waals surface area contributed by atoms with E-state index in [4.69, 9.17) is 9.52 Å². The number of pyridine rings is 1. The Morgan fingerprint density at radius 2 is 1.80 bits per heavy atom. The van der Waals surface area contributed by atoms with Gasteiger partial charge < -0.3 is 9.52 Å². The maximum atomic E-state index is 11.0. The Hall–Kier alpha value is -3.66. The van der Waals surface area contributed by atoms with E-state index in [1.807, 2.05) is 36.5 Å². The molecule has 1 fully saturated rings. The zero-order valence-electron chi connectivity index (χ0n) is 16.4. The molecule has 2 aromatic heterocycles. The van der Waals surface area contributed by atoms with Crippen molar-refractivity contribution < 1.29 is 14.3 Å². The first-order valence-electron chi connectivity index (χ1n) is 10.1. The lowest BCUT2D eigenvalue weighted by Crippen LogP contribution is -1.95. The lowest BCUT2D eigenvalue weighted by Gasteiger charge is -2.01. The fourth-order valence-electron chi connectivity index (χ4n) is 3.76. The minimum Gasteiger partial charge on any atom is -0.478 e. The number of hydrogen-bond donors (Lipinski definition) is 1. The predicted molar refractivity (Wildman–Crippen MR) is 118 cm³/mol. The molecule has 0 atom stereocenters. The molecular weight excluding hydrogens is 374 g/mol. The monoisotopic (exact) mass is 395 g/mol. The molecule has 0 bridgehead atoms. The van der Waals surface area contributed by atoms with E-state index in [2.05, 4.69) is 29.2 Å². The van der Waals surface area contributed by atoms with Crippen LogP contribution in [-0.2, 0) is 6.42 Å². The molecule has 0 unspecified atom stereocenters. The van der Waals surface area contributed by atoms with Gasteiger partial charge in [-0.1, -0.05) is 42.5 Å². The van der Waals surface area contributed by atoms with Crippen molar-refractivity contribution in [2.45, 2.75) is 25.2 Å². The summed E-state index contributed by atoms with van der Waals surface area (Å²) < 4.78 is 6.25. The molecule has 4 nitrogen and oxygen atoms in total. The number of aromatic carboxylic acids is 1. The third kappa shape index (κ3) is 3.64. The number of fused-ring (bicyclic) bond motifs is 1. The number of carbonyl (C=O) groups is 1. The Morgan fingerprint density at radius 3 is 2.50 bits per heavy atom. The molecule has 1 aliphatic carbocycles. The highest BCUT2D eigenvalue weighted by atomic mass is 16.4. The van der Waals surface area contributed by atoms with E-state index in [1.165, 1.54) is 18.4 Å². The summed E-state index contributed by atoms with van der Waals surface area (Å²) in [6, 6.07) is 17.6. The Bertz CT molecular complexity index is 1230. The summed E-state index contributed by atoms with van der Waals surface area (Å²) in [5.41, 5.74) is 3.80. The summed E-state index contributed by atoms with van der Waals surface area (Å²) in [6.45, 7) is 0. The molecule has 0 amide bonds. The second-order valence-electron chi connectivity index (χ2n) is 7.72. The Kier molecular flexibility index (Phi) is 4.68. The molecule has 1 N–H and O–H groups in total. The zero-order chi connectivity index (χ0) is 20.5. The van der Waals surface area contributed by atoms with E-state index in [9.17, 15) is 4.79 Å². The van der Waals surface area contributed by atoms with E-state index in [0.717, 1.165) is 39.3 Å². The summed E-state index contributed by atoms with van der Waals surface area (Å²) in [5.74, 6) is 1.46. The van der Waals surface area contributed by atoms with E-state index in [-0.39, 0.29) is 0 Å². The average Bonchev–Trinajstić information content (AvgIpc) is 3.57. The summed E-state index contributed by atoms with van der Waals surface area (Å²) in [4.78, 5) is 15.3. The lowest BCUT2D eigenvalue weighted by molar-refractivity contribution is 0.0697. The van der Waals surface area contributed by atoms with Crippen molar-refractivity contribution in [1.82, 2.24) is 4.98 Å². The quantitative estimate of drug-likeness (QED) is 0.414. The molecule has 30 heavy (non-hydrogen) atoms. The second-order valence-corrected chi connectivity index (χ2v) is 7.72. The smallest absolute Gasteiger partial charge is 0.335 e. The molecule has 0 saturated heterocycles. The Morgan fingerprint density at radius 1 is 1.03 bits per heavy atom. The van der Waals surface area contributed by atoms with Crippen LogP contribution >= 0.6 is 0 Å². The number of furan rings is 1. The summed E-state index contributed by atoms with van der Waals surface area (Å²) >= 11 is 0. The number of aromatic nitrogens is 1.